The number of aryl methyl sites for hydroxylation is 1. The maximum absolute atomic E-state index is 12.8. The van der Waals surface area contributed by atoms with Crippen LogP contribution in [0, 0.1) is 18.3 Å². The van der Waals surface area contributed by atoms with Crippen LogP contribution in [0.15, 0.2) is 34.8 Å². The largest absolute Gasteiger partial charge is 0.299 e. The van der Waals surface area contributed by atoms with Crippen LogP contribution in [-0.2, 0) is 4.79 Å². The number of Topliss-reactive ketones (excluding diaryl/α,β-unsaturated/α-hetero) is 1. The molecule has 1 aliphatic carbocycles. The Morgan fingerprint density at radius 2 is 2.13 bits per heavy atom. The molecule has 0 unspecified atom stereocenters. The van der Waals surface area contributed by atoms with Gasteiger partial charge in [0.25, 0.3) is 0 Å². The van der Waals surface area contributed by atoms with Crippen molar-refractivity contribution in [3.63, 3.8) is 0 Å². The second kappa shape index (κ2) is 9.29. The molecule has 0 N–H and O–H groups in total. The van der Waals surface area contributed by atoms with Gasteiger partial charge in [-0.25, -0.2) is 4.98 Å². The molecule has 3 aromatic rings. The van der Waals surface area contributed by atoms with E-state index >= 15 is 0 Å². The smallest absolute Gasteiger partial charge is 0.192 e. The van der Waals surface area contributed by atoms with Crippen LogP contribution in [0.2, 0.25) is 5.02 Å². The molecule has 1 aromatic carbocycles. The summed E-state index contributed by atoms with van der Waals surface area (Å²) in [5.74, 6) is -0.140. The molecule has 4 rings (SSSR count). The fourth-order valence-electron chi connectivity index (χ4n) is 3.68. The maximum atomic E-state index is 12.8. The van der Waals surface area contributed by atoms with Crippen LogP contribution in [0.4, 0.5) is 0 Å². The van der Waals surface area contributed by atoms with E-state index in [1.807, 2.05) is 36.6 Å². The fraction of sp³-hybridized carbons (Fsp3) is 0.381. The van der Waals surface area contributed by atoms with Crippen LogP contribution in [0.1, 0.15) is 48.3 Å². The number of carbonyl (C=O) groups is 1. The number of ketones is 1. The van der Waals surface area contributed by atoms with Crippen molar-refractivity contribution in [3.8, 4) is 17.5 Å². The summed E-state index contributed by atoms with van der Waals surface area (Å²) in [6, 6.07) is 9.99. The molecule has 2 aromatic heterocycles. The molecule has 6 nitrogen and oxygen atoms in total. The first kappa shape index (κ1) is 21.0. The summed E-state index contributed by atoms with van der Waals surface area (Å²) < 4.78 is 2.13. The molecule has 0 spiro atoms. The summed E-state index contributed by atoms with van der Waals surface area (Å²) in [6.07, 6.45) is 4.42. The van der Waals surface area contributed by atoms with Crippen molar-refractivity contribution in [2.24, 2.45) is 0 Å². The van der Waals surface area contributed by atoms with Crippen molar-refractivity contribution in [2.45, 2.75) is 49.7 Å². The molecule has 1 aliphatic rings. The van der Waals surface area contributed by atoms with E-state index in [-0.39, 0.29) is 17.6 Å². The number of hydrogen-bond donors (Lipinski definition) is 0. The summed E-state index contributed by atoms with van der Waals surface area (Å²) in [7, 11) is 0. The Bertz CT molecular complexity index is 1100. The fourth-order valence-corrected chi connectivity index (χ4v) is 5.67. The lowest BCUT2D eigenvalue weighted by atomic mass is 10.1. The highest BCUT2D eigenvalue weighted by Crippen LogP contribution is 2.38. The molecule has 154 valence electrons. The predicted octanol–water partition coefficient (Wildman–Crippen LogP) is 5.45. The zero-order valence-corrected chi connectivity index (χ0v) is 18.8. The molecule has 0 amide bonds. The summed E-state index contributed by atoms with van der Waals surface area (Å²) in [4.78, 5) is 17.1. The zero-order chi connectivity index (χ0) is 21.1. The van der Waals surface area contributed by atoms with Gasteiger partial charge in [-0.2, -0.15) is 5.26 Å². The van der Waals surface area contributed by atoms with Crippen LogP contribution >= 0.6 is 34.7 Å². The number of thioether (sulfide) groups is 1. The highest BCUT2D eigenvalue weighted by Gasteiger charge is 2.28. The highest BCUT2D eigenvalue weighted by molar-refractivity contribution is 7.99. The number of carbonyl (C=O) groups excluding carboxylic acids is 1. The van der Waals surface area contributed by atoms with Crippen LogP contribution in [0.5, 0.6) is 0 Å². The third-order valence-corrected chi connectivity index (χ3v) is 7.47. The van der Waals surface area contributed by atoms with Crippen LogP contribution < -0.4 is 0 Å². The van der Waals surface area contributed by atoms with E-state index in [4.69, 9.17) is 11.6 Å². The van der Waals surface area contributed by atoms with E-state index in [0.717, 1.165) is 42.8 Å². The van der Waals surface area contributed by atoms with E-state index in [2.05, 4.69) is 25.8 Å². The lowest BCUT2D eigenvalue weighted by Gasteiger charge is -2.17. The second-order valence-corrected chi connectivity index (χ2v) is 9.48. The van der Waals surface area contributed by atoms with Crippen molar-refractivity contribution in [3.05, 3.63) is 45.4 Å². The molecule has 0 bridgehead atoms. The second-order valence-electron chi connectivity index (χ2n) is 7.24. The van der Waals surface area contributed by atoms with Crippen LogP contribution in [0.3, 0.4) is 0 Å². The van der Waals surface area contributed by atoms with Gasteiger partial charge in [-0.15, -0.1) is 21.5 Å². The first-order valence-electron chi connectivity index (χ1n) is 9.75. The minimum Gasteiger partial charge on any atom is -0.299 e. The Morgan fingerprint density at radius 3 is 2.80 bits per heavy atom. The number of hydrogen-bond acceptors (Lipinski definition) is 7. The topological polar surface area (TPSA) is 84.5 Å². The molecule has 0 saturated heterocycles. The van der Waals surface area contributed by atoms with E-state index in [1.54, 1.807) is 0 Å². The Morgan fingerprint density at radius 1 is 1.37 bits per heavy atom. The van der Waals surface area contributed by atoms with E-state index in [0.29, 0.717) is 15.2 Å². The van der Waals surface area contributed by atoms with Crippen molar-refractivity contribution in [1.82, 2.24) is 19.7 Å². The van der Waals surface area contributed by atoms with Crippen molar-refractivity contribution >= 4 is 40.5 Å². The minimum atomic E-state index is -0.845. The van der Waals surface area contributed by atoms with E-state index in [1.165, 1.54) is 23.1 Å². The molecular weight excluding hydrogens is 438 g/mol. The third kappa shape index (κ3) is 4.29. The number of rotatable bonds is 7. The molecule has 30 heavy (non-hydrogen) atoms. The Balaban J connectivity index is 1.59. The van der Waals surface area contributed by atoms with Crippen molar-refractivity contribution in [1.29, 1.82) is 5.26 Å². The lowest BCUT2D eigenvalue weighted by molar-refractivity contribution is -0.116. The molecule has 0 radical (unpaired) electrons. The number of benzene rings is 1. The van der Waals surface area contributed by atoms with Crippen molar-refractivity contribution in [2.75, 3.05) is 5.75 Å². The molecular formula is C21H20ClN5OS2. The molecule has 1 atom stereocenters. The van der Waals surface area contributed by atoms with Gasteiger partial charge in [0.2, 0.25) is 0 Å². The predicted molar refractivity (Wildman–Crippen MR) is 119 cm³/mol. The SMILES string of the molecule is Cc1csc([C@H](C#N)C(=O)CSc2nnc(-c3ccccc3Cl)n2C2CCCC2)n1. The summed E-state index contributed by atoms with van der Waals surface area (Å²) in [6.45, 7) is 1.86. The normalized spacial score (nSPS) is 15.2. The van der Waals surface area contributed by atoms with Gasteiger partial charge in [0, 0.05) is 22.7 Å². The molecule has 2 heterocycles. The minimum absolute atomic E-state index is 0.143. The average molecular weight is 458 g/mol. The van der Waals surface area contributed by atoms with E-state index in [9.17, 15) is 10.1 Å². The first-order valence-corrected chi connectivity index (χ1v) is 12.0. The zero-order valence-electron chi connectivity index (χ0n) is 16.4. The lowest BCUT2D eigenvalue weighted by Crippen LogP contribution is -2.14. The van der Waals surface area contributed by atoms with Gasteiger partial charge in [0.15, 0.2) is 22.7 Å². The number of halogens is 1. The van der Waals surface area contributed by atoms with Gasteiger partial charge < -0.3 is 0 Å². The Kier molecular flexibility index (Phi) is 6.52. The molecule has 1 fully saturated rings. The van der Waals surface area contributed by atoms with Crippen molar-refractivity contribution < 1.29 is 4.79 Å². The van der Waals surface area contributed by atoms with Crippen LogP contribution in [-0.4, -0.2) is 31.3 Å². The van der Waals surface area contributed by atoms with E-state index < -0.39 is 5.92 Å². The third-order valence-electron chi connectivity index (χ3n) is 5.15. The van der Waals surface area contributed by atoms with Gasteiger partial charge in [0.05, 0.1) is 16.8 Å². The van der Waals surface area contributed by atoms with Gasteiger partial charge in [-0.1, -0.05) is 48.3 Å². The number of nitriles is 1. The van der Waals surface area contributed by atoms with Gasteiger partial charge in [0.1, 0.15) is 5.01 Å². The standard InChI is InChI=1S/C21H20ClN5OS2/c1-13-11-29-20(24-13)16(10-23)18(28)12-30-21-26-25-19(15-8-4-5-9-17(15)22)27(21)14-6-2-3-7-14/h4-5,8-9,11,14,16H,2-3,6-7,12H2,1H3/t16-/m1/s1. The molecule has 1 saturated carbocycles. The summed E-state index contributed by atoms with van der Waals surface area (Å²) in [5.41, 5.74) is 1.66. The van der Waals surface area contributed by atoms with Gasteiger partial charge >= 0.3 is 0 Å². The number of thiazole rings is 1. The quantitative estimate of drug-likeness (QED) is 0.439. The summed E-state index contributed by atoms with van der Waals surface area (Å²) >= 11 is 9.10. The highest BCUT2D eigenvalue weighted by atomic mass is 35.5. The maximum Gasteiger partial charge on any atom is 0.192 e. The molecule has 0 aliphatic heterocycles. The van der Waals surface area contributed by atoms with Crippen LogP contribution in [0.25, 0.3) is 11.4 Å². The van der Waals surface area contributed by atoms with Gasteiger partial charge in [-0.3, -0.25) is 9.36 Å². The molecule has 9 heteroatoms. The number of nitrogens with zero attached hydrogens (tertiary/aromatic N) is 5. The number of aromatic nitrogens is 4. The van der Waals surface area contributed by atoms with Gasteiger partial charge in [-0.05, 0) is 31.9 Å². The monoisotopic (exact) mass is 457 g/mol. The Hall–Kier alpha value is -2.21. The summed E-state index contributed by atoms with van der Waals surface area (Å²) in [5, 5.41) is 22.0. The Labute approximate surface area is 188 Å². The average Bonchev–Trinajstić information content (AvgIpc) is 3.48. The first-order chi connectivity index (χ1) is 14.6.